The van der Waals surface area contributed by atoms with Crippen molar-refractivity contribution in [2.24, 2.45) is 10.9 Å². The summed E-state index contributed by atoms with van der Waals surface area (Å²) in [4.78, 5) is 18.9. The molecular formula is C21H35N5O2. The Bertz CT molecular complexity index is 627. The van der Waals surface area contributed by atoms with Crippen LogP contribution in [0.4, 0.5) is 0 Å². The molecular weight excluding hydrogens is 354 g/mol. The van der Waals surface area contributed by atoms with Crippen LogP contribution in [0.2, 0.25) is 0 Å². The number of amides is 1. The van der Waals surface area contributed by atoms with Crippen molar-refractivity contribution >= 4 is 11.9 Å². The van der Waals surface area contributed by atoms with E-state index in [9.17, 15) is 4.79 Å². The molecule has 1 aromatic rings. The van der Waals surface area contributed by atoms with Crippen LogP contribution < -0.4 is 20.7 Å². The molecule has 1 aliphatic heterocycles. The van der Waals surface area contributed by atoms with Gasteiger partial charge in [0.1, 0.15) is 5.75 Å². The summed E-state index contributed by atoms with van der Waals surface area (Å²) in [5, 5.41) is 9.46. The van der Waals surface area contributed by atoms with Gasteiger partial charge in [0.05, 0.1) is 7.11 Å². The molecule has 0 saturated carbocycles. The predicted octanol–water partition coefficient (Wildman–Crippen LogP) is 1.71. The van der Waals surface area contributed by atoms with Gasteiger partial charge in [-0.15, -0.1) is 0 Å². The van der Waals surface area contributed by atoms with Gasteiger partial charge in [-0.3, -0.25) is 9.79 Å². The summed E-state index contributed by atoms with van der Waals surface area (Å²) in [6.45, 7) is 7.94. The molecule has 1 fully saturated rings. The topological polar surface area (TPSA) is 78.0 Å². The Morgan fingerprint density at radius 1 is 1.18 bits per heavy atom. The highest BCUT2D eigenvalue weighted by Crippen LogP contribution is 2.15. The number of carbonyl (C=O) groups is 1. The van der Waals surface area contributed by atoms with Gasteiger partial charge in [0.2, 0.25) is 0 Å². The molecule has 7 nitrogen and oxygen atoms in total. The van der Waals surface area contributed by atoms with Crippen LogP contribution in [0.5, 0.6) is 5.75 Å². The van der Waals surface area contributed by atoms with Crippen molar-refractivity contribution in [3.05, 3.63) is 29.8 Å². The first-order chi connectivity index (χ1) is 13.6. The van der Waals surface area contributed by atoms with E-state index in [1.165, 1.54) is 25.9 Å². The summed E-state index contributed by atoms with van der Waals surface area (Å²) in [7, 11) is 3.35. The number of likely N-dealkylation sites (tertiary alicyclic amines) is 1. The molecule has 28 heavy (non-hydrogen) atoms. The van der Waals surface area contributed by atoms with E-state index in [-0.39, 0.29) is 5.91 Å². The Hall–Kier alpha value is -2.28. The summed E-state index contributed by atoms with van der Waals surface area (Å²) < 4.78 is 5.15. The van der Waals surface area contributed by atoms with Gasteiger partial charge >= 0.3 is 0 Å². The number of benzene rings is 1. The zero-order valence-electron chi connectivity index (χ0n) is 17.5. The van der Waals surface area contributed by atoms with E-state index in [1.807, 2.05) is 12.1 Å². The molecule has 0 aliphatic carbocycles. The van der Waals surface area contributed by atoms with Crippen LogP contribution in [0.15, 0.2) is 29.3 Å². The highest BCUT2D eigenvalue weighted by Gasteiger charge is 2.14. The number of hydrogen-bond acceptors (Lipinski definition) is 4. The van der Waals surface area contributed by atoms with E-state index in [2.05, 4.69) is 32.8 Å². The molecule has 1 heterocycles. The van der Waals surface area contributed by atoms with Crippen LogP contribution in [0, 0.1) is 5.92 Å². The Kier molecular flexibility index (Phi) is 9.62. The fourth-order valence-corrected chi connectivity index (χ4v) is 3.24. The normalized spacial score (nSPS) is 15.9. The molecule has 1 amide bonds. The first-order valence-corrected chi connectivity index (χ1v) is 10.2. The monoisotopic (exact) mass is 389 g/mol. The number of carbonyl (C=O) groups excluding carboxylic acids is 1. The zero-order valence-corrected chi connectivity index (χ0v) is 17.5. The van der Waals surface area contributed by atoms with Crippen molar-refractivity contribution in [1.29, 1.82) is 0 Å². The average molecular weight is 390 g/mol. The summed E-state index contributed by atoms with van der Waals surface area (Å²) in [6.07, 6.45) is 3.73. The quantitative estimate of drug-likeness (QED) is 0.340. The molecule has 3 N–H and O–H groups in total. The van der Waals surface area contributed by atoms with Gasteiger partial charge in [-0.1, -0.05) is 13.0 Å². The Balaban J connectivity index is 1.57. The number of hydrogen-bond donors (Lipinski definition) is 3. The second kappa shape index (κ2) is 12.2. The van der Waals surface area contributed by atoms with E-state index < -0.39 is 0 Å². The van der Waals surface area contributed by atoms with Crippen molar-refractivity contribution in [1.82, 2.24) is 20.9 Å². The van der Waals surface area contributed by atoms with Crippen molar-refractivity contribution in [3.63, 3.8) is 0 Å². The van der Waals surface area contributed by atoms with Gasteiger partial charge in [-0.2, -0.15) is 0 Å². The minimum Gasteiger partial charge on any atom is -0.497 e. The highest BCUT2D eigenvalue weighted by atomic mass is 16.5. The zero-order chi connectivity index (χ0) is 20.2. The predicted molar refractivity (Wildman–Crippen MR) is 114 cm³/mol. The molecule has 0 unspecified atom stereocenters. The lowest BCUT2D eigenvalue weighted by Crippen LogP contribution is -2.42. The number of nitrogens with zero attached hydrogens (tertiary/aromatic N) is 2. The third-order valence-corrected chi connectivity index (χ3v) is 5.08. The number of rotatable bonds is 9. The number of methoxy groups -OCH3 is 1. The van der Waals surface area contributed by atoms with Crippen LogP contribution in [-0.2, 0) is 0 Å². The number of piperidine rings is 1. The second-order valence-corrected chi connectivity index (χ2v) is 7.29. The number of aliphatic imine (C=N–C) groups is 1. The van der Waals surface area contributed by atoms with Crippen molar-refractivity contribution in [3.8, 4) is 5.75 Å². The minimum absolute atomic E-state index is 0.112. The van der Waals surface area contributed by atoms with Crippen molar-refractivity contribution in [2.75, 3.05) is 53.4 Å². The summed E-state index contributed by atoms with van der Waals surface area (Å²) in [6, 6.07) is 7.13. The van der Waals surface area contributed by atoms with Crippen molar-refractivity contribution in [2.45, 2.75) is 26.2 Å². The Morgan fingerprint density at radius 3 is 2.61 bits per heavy atom. The van der Waals surface area contributed by atoms with E-state index in [0.29, 0.717) is 24.4 Å². The van der Waals surface area contributed by atoms with Crippen LogP contribution >= 0.6 is 0 Å². The standard InChI is InChI=1S/C21H35N5O2/c1-17-8-14-26(15-9-17)13-5-10-24-21(22-2)25-12-11-23-20(27)18-6-4-7-19(16-18)28-3/h4,6-7,16-17H,5,8-15H2,1-3H3,(H,23,27)(H2,22,24,25). The molecule has 1 saturated heterocycles. The van der Waals surface area contributed by atoms with Gasteiger partial charge in [-0.25, -0.2) is 0 Å². The van der Waals surface area contributed by atoms with Gasteiger partial charge in [0, 0.05) is 32.2 Å². The number of ether oxygens (including phenoxy) is 1. The molecule has 2 rings (SSSR count). The molecule has 0 spiro atoms. The third kappa shape index (κ3) is 7.76. The Labute approximate surface area is 168 Å². The third-order valence-electron chi connectivity index (χ3n) is 5.08. The van der Waals surface area contributed by atoms with Crippen LogP contribution in [0.25, 0.3) is 0 Å². The minimum atomic E-state index is -0.112. The summed E-state index contributed by atoms with van der Waals surface area (Å²) >= 11 is 0. The largest absolute Gasteiger partial charge is 0.497 e. The van der Waals surface area contributed by atoms with Crippen molar-refractivity contribution < 1.29 is 9.53 Å². The lowest BCUT2D eigenvalue weighted by molar-refractivity contribution is 0.0954. The SMILES string of the molecule is CN=C(NCCCN1CCC(C)CC1)NCCNC(=O)c1cccc(OC)c1. The van der Waals surface area contributed by atoms with Crippen LogP contribution in [0.3, 0.4) is 0 Å². The highest BCUT2D eigenvalue weighted by molar-refractivity contribution is 5.94. The van der Waals surface area contributed by atoms with Gasteiger partial charge in [-0.05, 0) is 63.0 Å². The summed E-state index contributed by atoms with van der Waals surface area (Å²) in [5.74, 6) is 2.21. The lowest BCUT2D eigenvalue weighted by atomic mass is 9.99. The lowest BCUT2D eigenvalue weighted by Gasteiger charge is -2.30. The van der Waals surface area contributed by atoms with Gasteiger partial charge in [0.15, 0.2) is 5.96 Å². The maximum atomic E-state index is 12.2. The molecule has 0 bridgehead atoms. The molecule has 0 atom stereocenters. The molecule has 1 aliphatic rings. The molecule has 156 valence electrons. The first-order valence-electron chi connectivity index (χ1n) is 10.2. The maximum absolute atomic E-state index is 12.2. The maximum Gasteiger partial charge on any atom is 0.251 e. The second-order valence-electron chi connectivity index (χ2n) is 7.29. The first kappa shape index (κ1) is 22.0. The fraction of sp³-hybridized carbons (Fsp3) is 0.619. The number of guanidine groups is 1. The van der Waals surface area contributed by atoms with E-state index in [0.717, 1.165) is 31.4 Å². The Morgan fingerprint density at radius 2 is 1.89 bits per heavy atom. The smallest absolute Gasteiger partial charge is 0.251 e. The summed E-state index contributed by atoms with van der Waals surface area (Å²) in [5.41, 5.74) is 0.592. The molecule has 0 aromatic heterocycles. The van der Waals surface area contributed by atoms with E-state index in [1.54, 1.807) is 26.3 Å². The van der Waals surface area contributed by atoms with E-state index in [4.69, 9.17) is 4.74 Å². The van der Waals surface area contributed by atoms with E-state index >= 15 is 0 Å². The van der Waals surface area contributed by atoms with Crippen LogP contribution in [-0.4, -0.2) is 70.2 Å². The van der Waals surface area contributed by atoms with Gasteiger partial charge < -0.3 is 25.6 Å². The molecule has 1 aromatic carbocycles. The number of nitrogens with one attached hydrogen (secondary N) is 3. The van der Waals surface area contributed by atoms with Gasteiger partial charge in [0.25, 0.3) is 5.91 Å². The van der Waals surface area contributed by atoms with Crippen LogP contribution in [0.1, 0.15) is 36.5 Å². The molecule has 7 heteroatoms. The average Bonchev–Trinajstić information content (AvgIpc) is 2.73. The molecule has 0 radical (unpaired) electrons. The fourth-order valence-electron chi connectivity index (χ4n) is 3.24.